The molecule has 0 spiro atoms. The summed E-state index contributed by atoms with van der Waals surface area (Å²) in [4.78, 5) is 4.39. The Labute approximate surface area is 116 Å². The first-order chi connectivity index (χ1) is 9.80. The first-order valence-corrected chi connectivity index (χ1v) is 6.41. The van der Waals surface area contributed by atoms with Crippen LogP contribution in [0.3, 0.4) is 0 Å². The molecule has 0 aliphatic carbocycles. The van der Waals surface area contributed by atoms with Crippen LogP contribution in [0.25, 0.3) is 16.9 Å². The first-order valence-electron chi connectivity index (χ1n) is 6.41. The van der Waals surface area contributed by atoms with Gasteiger partial charge in [0.2, 0.25) is 0 Å². The Hall–Kier alpha value is -2.40. The fourth-order valence-electron chi connectivity index (χ4n) is 2.10. The van der Waals surface area contributed by atoms with Gasteiger partial charge in [-0.15, -0.1) is 0 Å². The van der Waals surface area contributed by atoms with Crippen molar-refractivity contribution in [2.24, 2.45) is 0 Å². The average Bonchev–Trinajstić information content (AvgIpc) is 2.89. The van der Waals surface area contributed by atoms with Gasteiger partial charge in [0.15, 0.2) is 5.65 Å². The summed E-state index contributed by atoms with van der Waals surface area (Å²) in [5, 5.41) is 13.5. The lowest BCUT2D eigenvalue weighted by Gasteiger charge is -2.04. The highest BCUT2D eigenvalue weighted by molar-refractivity contribution is 5.62. The molecule has 0 radical (unpaired) electrons. The zero-order valence-corrected chi connectivity index (χ0v) is 11.2. The highest BCUT2D eigenvalue weighted by atomic mass is 16.5. The van der Waals surface area contributed by atoms with Crippen LogP contribution in [0.2, 0.25) is 0 Å². The van der Waals surface area contributed by atoms with Gasteiger partial charge in [-0.1, -0.05) is 12.1 Å². The van der Waals surface area contributed by atoms with E-state index in [1.54, 1.807) is 11.6 Å². The molecule has 0 amide bonds. The van der Waals surface area contributed by atoms with Crippen LogP contribution >= 0.6 is 0 Å². The van der Waals surface area contributed by atoms with Crippen molar-refractivity contribution in [2.75, 3.05) is 13.7 Å². The van der Waals surface area contributed by atoms with Crippen molar-refractivity contribution in [1.82, 2.24) is 14.6 Å². The SMILES string of the molecule is COc1cccc(-c2ccc3nc(CCO)cn3n2)c1. The highest BCUT2D eigenvalue weighted by Gasteiger charge is 2.06. The maximum absolute atomic E-state index is 8.95. The van der Waals surface area contributed by atoms with Gasteiger partial charge in [0.25, 0.3) is 0 Å². The van der Waals surface area contributed by atoms with Crippen molar-refractivity contribution in [3.8, 4) is 17.0 Å². The molecule has 0 atom stereocenters. The molecule has 0 aliphatic heterocycles. The van der Waals surface area contributed by atoms with Crippen molar-refractivity contribution < 1.29 is 9.84 Å². The van der Waals surface area contributed by atoms with E-state index in [1.807, 2.05) is 42.6 Å². The zero-order chi connectivity index (χ0) is 13.9. The van der Waals surface area contributed by atoms with Crippen molar-refractivity contribution in [3.05, 3.63) is 48.3 Å². The maximum Gasteiger partial charge on any atom is 0.153 e. The number of aliphatic hydroxyl groups is 1. The normalized spacial score (nSPS) is 10.9. The number of imidazole rings is 1. The molecule has 0 saturated carbocycles. The molecule has 102 valence electrons. The topological polar surface area (TPSA) is 59.7 Å². The summed E-state index contributed by atoms with van der Waals surface area (Å²) >= 11 is 0. The van der Waals surface area contributed by atoms with Crippen LogP contribution in [0, 0.1) is 0 Å². The third-order valence-corrected chi connectivity index (χ3v) is 3.10. The van der Waals surface area contributed by atoms with Crippen molar-refractivity contribution in [3.63, 3.8) is 0 Å². The summed E-state index contributed by atoms with van der Waals surface area (Å²) in [6.45, 7) is 0.0899. The van der Waals surface area contributed by atoms with Gasteiger partial charge in [-0.05, 0) is 24.3 Å². The van der Waals surface area contributed by atoms with Crippen LogP contribution < -0.4 is 4.74 Å². The minimum atomic E-state index is 0.0899. The van der Waals surface area contributed by atoms with Gasteiger partial charge in [-0.25, -0.2) is 9.50 Å². The monoisotopic (exact) mass is 269 g/mol. The Balaban J connectivity index is 2.03. The quantitative estimate of drug-likeness (QED) is 0.786. The second-order valence-corrected chi connectivity index (χ2v) is 4.46. The number of fused-ring (bicyclic) bond motifs is 1. The van der Waals surface area contributed by atoms with Crippen molar-refractivity contribution in [1.29, 1.82) is 0 Å². The van der Waals surface area contributed by atoms with Crippen LogP contribution in [-0.2, 0) is 6.42 Å². The smallest absolute Gasteiger partial charge is 0.153 e. The molecule has 0 aliphatic rings. The number of rotatable bonds is 4. The molecule has 0 saturated heterocycles. The van der Waals surface area contributed by atoms with Gasteiger partial charge in [0, 0.05) is 18.6 Å². The molecule has 3 aromatic rings. The van der Waals surface area contributed by atoms with Crippen LogP contribution in [0.5, 0.6) is 5.75 Å². The minimum Gasteiger partial charge on any atom is -0.497 e. The van der Waals surface area contributed by atoms with E-state index in [0.717, 1.165) is 28.3 Å². The molecule has 0 fully saturated rings. The number of aliphatic hydroxyl groups excluding tert-OH is 1. The maximum atomic E-state index is 8.95. The van der Waals surface area contributed by atoms with Gasteiger partial charge in [0.1, 0.15) is 5.75 Å². The van der Waals surface area contributed by atoms with Crippen LogP contribution in [0.1, 0.15) is 5.69 Å². The summed E-state index contributed by atoms with van der Waals surface area (Å²) in [5.41, 5.74) is 3.45. The summed E-state index contributed by atoms with van der Waals surface area (Å²) in [6.07, 6.45) is 2.38. The van der Waals surface area contributed by atoms with Crippen molar-refractivity contribution >= 4 is 5.65 Å². The van der Waals surface area contributed by atoms with Crippen LogP contribution in [-0.4, -0.2) is 33.4 Å². The summed E-state index contributed by atoms with van der Waals surface area (Å²) in [6, 6.07) is 11.6. The van der Waals surface area contributed by atoms with Crippen molar-refractivity contribution in [2.45, 2.75) is 6.42 Å². The lowest BCUT2D eigenvalue weighted by Crippen LogP contribution is -1.93. The average molecular weight is 269 g/mol. The van der Waals surface area contributed by atoms with Gasteiger partial charge in [-0.2, -0.15) is 5.10 Å². The first kappa shape index (κ1) is 12.6. The number of nitrogens with zero attached hydrogens (tertiary/aromatic N) is 3. The second-order valence-electron chi connectivity index (χ2n) is 4.46. The molecule has 20 heavy (non-hydrogen) atoms. The van der Waals surface area contributed by atoms with E-state index in [2.05, 4.69) is 10.1 Å². The lowest BCUT2D eigenvalue weighted by atomic mass is 10.1. The fraction of sp³-hybridized carbons (Fsp3) is 0.200. The Morgan fingerprint density at radius 3 is 2.95 bits per heavy atom. The van der Waals surface area contributed by atoms with Gasteiger partial charge in [0.05, 0.1) is 24.7 Å². The van der Waals surface area contributed by atoms with Crippen LogP contribution in [0.4, 0.5) is 0 Å². The molecule has 2 heterocycles. The zero-order valence-electron chi connectivity index (χ0n) is 11.2. The molecular formula is C15H15N3O2. The predicted molar refractivity (Wildman–Crippen MR) is 75.8 cm³/mol. The van der Waals surface area contributed by atoms with Gasteiger partial charge >= 0.3 is 0 Å². The number of methoxy groups -OCH3 is 1. The van der Waals surface area contributed by atoms with Gasteiger partial charge < -0.3 is 9.84 Å². The molecule has 5 heteroatoms. The fourth-order valence-corrected chi connectivity index (χ4v) is 2.10. The largest absolute Gasteiger partial charge is 0.497 e. The van der Waals surface area contributed by atoms with E-state index >= 15 is 0 Å². The van der Waals surface area contributed by atoms with E-state index in [1.165, 1.54) is 0 Å². The van der Waals surface area contributed by atoms with E-state index in [0.29, 0.717) is 6.42 Å². The number of hydrogen-bond acceptors (Lipinski definition) is 4. The Morgan fingerprint density at radius 2 is 2.15 bits per heavy atom. The number of ether oxygens (including phenoxy) is 1. The Morgan fingerprint density at radius 1 is 1.25 bits per heavy atom. The summed E-state index contributed by atoms with van der Waals surface area (Å²) < 4.78 is 6.96. The van der Waals surface area contributed by atoms with E-state index in [4.69, 9.17) is 9.84 Å². The second kappa shape index (κ2) is 5.30. The molecule has 1 aromatic carbocycles. The van der Waals surface area contributed by atoms with E-state index in [-0.39, 0.29) is 6.61 Å². The molecule has 0 bridgehead atoms. The number of aromatic nitrogens is 3. The predicted octanol–water partition coefficient (Wildman–Crippen LogP) is 1.94. The molecule has 2 aromatic heterocycles. The van der Waals surface area contributed by atoms with Gasteiger partial charge in [-0.3, -0.25) is 0 Å². The Bertz CT molecular complexity index is 737. The van der Waals surface area contributed by atoms with E-state index < -0.39 is 0 Å². The Kier molecular flexibility index (Phi) is 3.35. The molecular weight excluding hydrogens is 254 g/mol. The summed E-state index contributed by atoms with van der Waals surface area (Å²) in [5.74, 6) is 0.802. The molecule has 0 unspecified atom stereocenters. The highest BCUT2D eigenvalue weighted by Crippen LogP contribution is 2.22. The lowest BCUT2D eigenvalue weighted by molar-refractivity contribution is 0.298. The minimum absolute atomic E-state index is 0.0899. The number of benzene rings is 1. The number of hydrogen-bond donors (Lipinski definition) is 1. The van der Waals surface area contributed by atoms with E-state index in [9.17, 15) is 0 Å². The standard InChI is InChI=1S/C15H15N3O2/c1-20-13-4-2-3-11(9-13)14-5-6-15-16-12(7-8-19)10-18(15)17-14/h2-6,9-10,19H,7-8H2,1H3. The third kappa shape index (κ3) is 2.35. The molecule has 3 rings (SSSR count). The third-order valence-electron chi connectivity index (χ3n) is 3.10. The summed E-state index contributed by atoms with van der Waals surface area (Å²) in [7, 11) is 1.65. The molecule has 5 nitrogen and oxygen atoms in total. The molecule has 1 N–H and O–H groups in total. The van der Waals surface area contributed by atoms with Crippen LogP contribution in [0.15, 0.2) is 42.6 Å².